The second-order valence-corrected chi connectivity index (χ2v) is 8.53. The summed E-state index contributed by atoms with van der Waals surface area (Å²) < 4.78 is 7.43. The van der Waals surface area contributed by atoms with Gasteiger partial charge in [0.2, 0.25) is 0 Å². The number of carbonyl (C=O) groups excluding carboxylic acids is 2. The van der Waals surface area contributed by atoms with Crippen LogP contribution in [0.2, 0.25) is 0 Å². The maximum Gasteiger partial charge on any atom is 0.339 e. The van der Waals surface area contributed by atoms with Crippen molar-refractivity contribution in [2.75, 3.05) is 13.1 Å². The highest BCUT2D eigenvalue weighted by Gasteiger charge is 2.27. The van der Waals surface area contributed by atoms with Gasteiger partial charge in [-0.2, -0.15) is 5.10 Å². The van der Waals surface area contributed by atoms with Crippen LogP contribution >= 0.6 is 0 Å². The van der Waals surface area contributed by atoms with E-state index in [1.807, 2.05) is 60.7 Å². The molecule has 4 aromatic rings. The number of hydrogen-bond acceptors (Lipinski definition) is 5. The highest BCUT2D eigenvalue weighted by atomic mass is 16.5. The van der Waals surface area contributed by atoms with Crippen LogP contribution in [0.25, 0.3) is 22.3 Å². The molecule has 1 aliphatic heterocycles. The molecular weight excluding hydrogens is 428 g/mol. The molecule has 5 rings (SSSR count). The number of benzene rings is 2. The van der Waals surface area contributed by atoms with Gasteiger partial charge >= 0.3 is 5.97 Å². The largest absolute Gasteiger partial charge is 0.449 e. The van der Waals surface area contributed by atoms with Crippen molar-refractivity contribution in [2.45, 2.75) is 32.4 Å². The van der Waals surface area contributed by atoms with E-state index in [4.69, 9.17) is 9.72 Å². The Kier molecular flexibility index (Phi) is 6.08. The van der Waals surface area contributed by atoms with Crippen molar-refractivity contribution < 1.29 is 14.3 Å². The van der Waals surface area contributed by atoms with Crippen LogP contribution in [-0.4, -0.2) is 50.7 Å². The van der Waals surface area contributed by atoms with Gasteiger partial charge in [0, 0.05) is 18.7 Å². The van der Waals surface area contributed by atoms with Gasteiger partial charge in [-0.1, -0.05) is 60.7 Å². The number of amides is 1. The Morgan fingerprint density at radius 1 is 1.00 bits per heavy atom. The molecule has 2 aromatic carbocycles. The van der Waals surface area contributed by atoms with Gasteiger partial charge in [0.25, 0.3) is 5.91 Å². The first-order valence-corrected chi connectivity index (χ1v) is 11.6. The van der Waals surface area contributed by atoms with Crippen molar-refractivity contribution in [3.05, 3.63) is 84.1 Å². The summed E-state index contributed by atoms with van der Waals surface area (Å²) in [6.45, 7) is 3.58. The summed E-state index contributed by atoms with van der Waals surface area (Å²) >= 11 is 0. The van der Waals surface area contributed by atoms with Crippen molar-refractivity contribution in [2.24, 2.45) is 0 Å². The van der Waals surface area contributed by atoms with Gasteiger partial charge < -0.3 is 9.64 Å². The minimum absolute atomic E-state index is 0.154. The number of ether oxygens (including phenoxy) is 1. The van der Waals surface area contributed by atoms with Crippen LogP contribution in [0.3, 0.4) is 0 Å². The van der Waals surface area contributed by atoms with E-state index in [1.54, 1.807) is 28.8 Å². The zero-order valence-electron chi connectivity index (χ0n) is 19.1. The summed E-state index contributed by atoms with van der Waals surface area (Å²) in [6.07, 6.45) is 2.76. The van der Waals surface area contributed by atoms with E-state index in [0.717, 1.165) is 24.0 Å². The molecule has 0 radical (unpaired) electrons. The minimum atomic E-state index is -0.853. The molecule has 34 heavy (non-hydrogen) atoms. The highest BCUT2D eigenvalue weighted by Crippen LogP contribution is 2.26. The van der Waals surface area contributed by atoms with E-state index in [9.17, 15) is 9.59 Å². The maximum absolute atomic E-state index is 13.3. The number of carbonyl (C=O) groups is 2. The molecule has 7 nitrogen and oxygen atoms in total. The number of aromatic nitrogens is 3. The quantitative estimate of drug-likeness (QED) is 0.406. The summed E-state index contributed by atoms with van der Waals surface area (Å²) in [5.74, 6) is -0.705. The van der Waals surface area contributed by atoms with E-state index in [0.29, 0.717) is 41.9 Å². The van der Waals surface area contributed by atoms with Gasteiger partial charge in [0.15, 0.2) is 11.8 Å². The Balaban J connectivity index is 1.52. The van der Waals surface area contributed by atoms with Crippen LogP contribution in [0.15, 0.2) is 72.9 Å². The fourth-order valence-electron chi connectivity index (χ4n) is 4.31. The smallest absolute Gasteiger partial charge is 0.339 e. The number of pyridine rings is 1. The van der Waals surface area contributed by atoms with Crippen LogP contribution in [0.4, 0.5) is 0 Å². The first-order chi connectivity index (χ1) is 16.6. The van der Waals surface area contributed by atoms with Crippen LogP contribution in [-0.2, 0) is 16.1 Å². The zero-order chi connectivity index (χ0) is 23.5. The first-order valence-electron chi connectivity index (χ1n) is 11.6. The van der Waals surface area contributed by atoms with Gasteiger partial charge in [-0.3, -0.25) is 4.79 Å². The molecule has 1 atom stereocenters. The van der Waals surface area contributed by atoms with E-state index >= 15 is 0 Å². The van der Waals surface area contributed by atoms with Crippen LogP contribution in [0.1, 0.15) is 35.7 Å². The van der Waals surface area contributed by atoms with Gasteiger partial charge in [-0.05, 0) is 31.4 Å². The van der Waals surface area contributed by atoms with E-state index in [-0.39, 0.29) is 5.91 Å². The standard InChI is InChI=1S/C27H26N4O3/c1-19(26(32)30-14-8-9-15-30)34-27(33)22-16-24(21-12-6-3-7-13-21)29-25-23(22)17-28-31(25)18-20-10-4-2-5-11-20/h2-7,10-13,16-17,19H,8-9,14-15,18H2,1H3. The number of esters is 1. The lowest BCUT2D eigenvalue weighted by atomic mass is 10.1. The molecule has 0 N–H and O–H groups in total. The number of nitrogens with zero attached hydrogens (tertiary/aromatic N) is 4. The maximum atomic E-state index is 13.3. The molecule has 1 fully saturated rings. The lowest BCUT2D eigenvalue weighted by Crippen LogP contribution is -2.38. The van der Waals surface area contributed by atoms with Crippen LogP contribution in [0.5, 0.6) is 0 Å². The van der Waals surface area contributed by atoms with E-state index in [2.05, 4.69) is 5.10 Å². The fraction of sp³-hybridized carbons (Fsp3) is 0.259. The Bertz CT molecular complexity index is 1310. The van der Waals surface area contributed by atoms with Gasteiger partial charge in [-0.15, -0.1) is 0 Å². The van der Waals surface area contributed by atoms with Gasteiger partial charge in [0.1, 0.15) is 0 Å². The minimum Gasteiger partial charge on any atom is -0.449 e. The Morgan fingerprint density at radius 3 is 2.38 bits per heavy atom. The lowest BCUT2D eigenvalue weighted by Gasteiger charge is -2.20. The summed E-state index contributed by atoms with van der Waals surface area (Å²) in [4.78, 5) is 32.6. The summed E-state index contributed by atoms with van der Waals surface area (Å²) in [7, 11) is 0. The molecule has 0 saturated carbocycles. The molecule has 0 bridgehead atoms. The number of rotatable bonds is 6. The first kappa shape index (κ1) is 21.8. The Morgan fingerprint density at radius 2 is 1.68 bits per heavy atom. The van der Waals surface area contributed by atoms with Crippen molar-refractivity contribution >= 4 is 22.9 Å². The third-order valence-electron chi connectivity index (χ3n) is 6.12. The molecule has 1 aliphatic rings. The fourth-order valence-corrected chi connectivity index (χ4v) is 4.31. The second-order valence-electron chi connectivity index (χ2n) is 8.53. The molecule has 1 amide bonds. The van der Waals surface area contributed by atoms with E-state index < -0.39 is 12.1 Å². The predicted octanol–water partition coefficient (Wildman–Crippen LogP) is 4.31. The topological polar surface area (TPSA) is 77.3 Å². The summed E-state index contributed by atoms with van der Waals surface area (Å²) in [5.41, 5.74) is 3.55. The molecule has 1 unspecified atom stereocenters. The normalized spacial score (nSPS) is 14.3. The van der Waals surface area contributed by atoms with Crippen molar-refractivity contribution in [1.82, 2.24) is 19.7 Å². The molecule has 7 heteroatoms. The predicted molar refractivity (Wildman–Crippen MR) is 129 cm³/mol. The SMILES string of the molecule is CC(OC(=O)c1cc(-c2ccccc2)nc2c1cnn2Cc1ccccc1)C(=O)N1CCCC1. The monoisotopic (exact) mass is 454 g/mol. The van der Waals surface area contributed by atoms with Gasteiger partial charge in [-0.25, -0.2) is 14.5 Å². The second kappa shape index (κ2) is 9.47. The van der Waals surface area contributed by atoms with Crippen LogP contribution < -0.4 is 0 Å². The lowest BCUT2D eigenvalue weighted by molar-refractivity contribution is -0.138. The summed E-state index contributed by atoms with van der Waals surface area (Å²) in [5, 5.41) is 5.12. The molecule has 0 spiro atoms. The molecular formula is C27H26N4O3. The highest BCUT2D eigenvalue weighted by molar-refractivity contribution is 6.04. The summed E-state index contributed by atoms with van der Waals surface area (Å²) in [6, 6.07) is 21.4. The molecule has 2 aromatic heterocycles. The molecule has 0 aliphatic carbocycles. The van der Waals surface area contributed by atoms with Gasteiger partial charge in [0.05, 0.1) is 29.4 Å². The van der Waals surface area contributed by atoms with Crippen LogP contribution in [0, 0.1) is 0 Å². The van der Waals surface area contributed by atoms with Crippen molar-refractivity contribution in [3.8, 4) is 11.3 Å². The molecule has 3 heterocycles. The third-order valence-corrected chi connectivity index (χ3v) is 6.12. The average molecular weight is 455 g/mol. The third kappa shape index (κ3) is 4.41. The number of fused-ring (bicyclic) bond motifs is 1. The van der Waals surface area contributed by atoms with Crippen molar-refractivity contribution in [1.29, 1.82) is 0 Å². The number of hydrogen-bond donors (Lipinski definition) is 0. The average Bonchev–Trinajstić information content (AvgIpc) is 3.55. The Hall–Kier alpha value is -4.00. The molecule has 1 saturated heterocycles. The number of likely N-dealkylation sites (tertiary alicyclic amines) is 1. The Labute approximate surface area is 198 Å². The van der Waals surface area contributed by atoms with E-state index in [1.165, 1.54) is 0 Å². The van der Waals surface area contributed by atoms with Crippen molar-refractivity contribution in [3.63, 3.8) is 0 Å². The zero-order valence-corrected chi connectivity index (χ0v) is 19.1. The molecule has 172 valence electrons.